The molecule has 0 aliphatic carbocycles. The van der Waals surface area contributed by atoms with Crippen molar-refractivity contribution in [2.45, 2.75) is 45.8 Å². The monoisotopic (exact) mass is 242 g/mol. The van der Waals surface area contributed by atoms with E-state index in [0.717, 1.165) is 18.1 Å². The molecule has 3 heteroatoms. The van der Waals surface area contributed by atoms with E-state index in [1.807, 2.05) is 29.1 Å². The van der Waals surface area contributed by atoms with E-state index < -0.39 is 0 Å². The number of unbranched alkanes of at least 4 members (excludes halogenated alkanes) is 4. The molecule has 0 aromatic carbocycles. The zero-order chi connectivity index (χ0) is 11.6. The molecule has 1 rings (SSSR count). The molecule has 0 saturated heterocycles. The van der Waals surface area contributed by atoms with Crippen molar-refractivity contribution in [2.75, 3.05) is 6.61 Å². The van der Waals surface area contributed by atoms with Gasteiger partial charge in [0.2, 0.25) is 0 Å². The maximum absolute atomic E-state index is 5.87. The minimum atomic E-state index is 0.592. The standard InChI is InChI=1S/C13H21ClNO/c1-2-3-4-5-6-10-16-12-15-9-7-8-13(14)11-15/h7-9,11H,2-6,10,12H2,1H3/q+1. The zero-order valence-corrected chi connectivity index (χ0v) is 10.7. The Morgan fingerprint density at radius 3 is 2.81 bits per heavy atom. The van der Waals surface area contributed by atoms with Crippen molar-refractivity contribution in [1.29, 1.82) is 0 Å². The molecule has 0 bridgehead atoms. The molecule has 1 aromatic rings. The van der Waals surface area contributed by atoms with Crippen LogP contribution < -0.4 is 4.57 Å². The van der Waals surface area contributed by atoms with Gasteiger partial charge in [0.1, 0.15) is 5.02 Å². The molecule has 2 nitrogen and oxygen atoms in total. The Balaban J connectivity index is 2.03. The Labute approximate surface area is 103 Å². The first-order chi connectivity index (χ1) is 7.83. The normalized spacial score (nSPS) is 10.6. The molecule has 16 heavy (non-hydrogen) atoms. The average molecular weight is 243 g/mol. The van der Waals surface area contributed by atoms with E-state index >= 15 is 0 Å². The number of nitrogens with zero attached hydrogens (tertiary/aromatic N) is 1. The molecule has 0 aliphatic heterocycles. The molecular weight excluding hydrogens is 222 g/mol. The average Bonchev–Trinajstić information content (AvgIpc) is 2.28. The van der Waals surface area contributed by atoms with Crippen molar-refractivity contribution in [2.24, 2.45) is 0 Å². The molecule has 0 atom stereocenters. The van der Waals surface area contributed by atoms with Crippen LogP contribution in [0.3, 0.4) is 0 Å². The Bertz CT molecular complexity index is 291. The third kappa shape index (κ3) is 6.09. The second kappa shape index (κ2) is 8.54. The van der Waals surface area contributed by atoms with E-state index in [4.69, 9.17) is 16.3 Å². The van der Waals surface area contributed by atoms with Crippen LogP contribution in [0.5, 0.6) is 0 Å². The number of aromatic nitrogens is 1. The fourth-order valence-electron chi connectivity index (χ4n) is 1.55. The fourth-order valence-corrected chi connectivity index (χ4v) is 1.75. The molecule has 0 amide bonds. The van der Waals surface area contributed by atoms with Crippen LogP contribution in [0.15, 0.2) is 24.5 Å². The van der Waals surface area contributed by atoms with Crippen LogP contribution in [0.2, 0.25) is 5.02 Å². The zero-order valence-electron chi connectivity index (χ0n) is 9.99. The lowest BCUT2D eigenvalue weighted by Crippen LogP contribution is -2.34. The first kappa shape index (κ1) is 13.5. The van der Waals surface area contributed by atoms with Gasteiger partial charge in [-0.15, -0.1) is 0 Å². The van der Waals surface area contributed by atoms with Gasteiger partial charge in [-0.05, 0) is 12.5 Å². The van der Waals surface area contributed by atoms with Crippen molar-refractivity contribution in [3.8, 4) is 0 Å². The summed E-state index contributed by atoms with van der Waals surface area (Å²) in [4.78, 5) is 0. The van der Waals surface area contributed by atoms with Gasteiger partial charge >= 0.3 is 0 Å². The molecule has 0 radical (unpaired) electrons. The third-order valence-corrected chi connectivity index (χ3v) is 2.68. The quantitative estimate of drug-likeness (QED) is 0.502. The summed E-state index contributed by atoms with van der Waals surface area (Å²) in [6, 6.07) is 3.79. The minimum Gasteiger partial charge on any atom is -0.323 e. The second-order valence-corrected chi connectivity index (χ2v) is 4.42. The molecule has 0 N–H and O–H groups in total. The number of rotatable bonds is 8. The van der Waals surface area contributed by atoms with Crippen molar-refractivity contribution in [3.63, 3.8) is 0 Å². The molecule has 0 saturated carbocycles. The van der Waals surface area contributed by atoms with Crippen molar-refractivity contribution < 1.29 is 9.30 Å². The van der Waals surface area contributed by atoms with E-state index in [1.54, 1.807) is 0 Å². The van der Waals surface area contributed by atoms with Gasteiger partial charge in [0, 0.05) is 6.07 Å². The van der Waals surface area contributed by atoms with Crippen LogP contribution in [-0.2, 0) is 11.5 Å². The summed E-state index contributed by atoms with van der Waals surface area (Å²) in [5.74, 6) is 0. The lowest BCUT2D eigenvalue weighted by atomic mass is 10.2. The van der Waals surface area contributed by atoms with Crippen molar-refractivity contribution in [3.05, 3.63) is 29.5 Å². The van der Waals surface area contributed by atoms with Gasteiger partial charge in [-0.1, -0.05) is 44.2 Å². The summed E-state index contributed by atoms with van der Waals surface area (Å²) >= 11 is 5.87. The van der Waals surface area contributed by atoms with Crippen LogP contribution in [0.25, 0.3) is 0 Å². The highest BCUT2D eigenvalue weighted by atomic mass is 35.5. The SMILES string of the molecule is CCCCCCCOC[n+]1cccc(Cl)c1. The predicted octanol–water partition coefficient (Wildman–Crippen LogP) is 3.57. The number of hydrogen-bond donors (Lipinski definition) is 0. The van der Waals surface area contributed by atoms with Crippen LogP contribution in [0.1, 0.15) is 39.0 Å². The topological polar surface area (TPSA) is 13.1 Å². The minimum absolute atomic E-state index is 0.592. The molecule has 0 spiro atoms. The lowest BCUT2D eigenvalue weighted by molar-refractivity contribution is -0.732. The summed E-state index contributed by atoms with van der Waals surface area (Å²) in [5, 5.41) is 0.744. The molecule has 0 unspecified atom stereocenters. The molecule has 0 fully saturated rings. The maximum atomic E-state index is 5.87. The second-order valence-electron chi connectivity index (χ2n) is 3.99. The number of hydrogen-bond acceptors (Lipinski definition) is 1. The number of pyridine rings is 1. The fraction of sp³-hybridized carbons (Fsp3) is 0.615. The first-order valence-electron chi connectivity index (χ1n) is 6.05. The highest BCUT2D eigenvalue weighted by Gasteiger charge is 2.00. The van der Waals surface area contributed by atoms with E-state index in [2.05, 4.69) is 6.92 Å². The van der Waals surface area contributed by atoms with Crippen molar-refractivity contribution >= 4 is 11.6 Å². The summed E-state index contributed by atoms with van der Waals surface area (Å²) in [6.07, 6.45) is 10.2. The Morgan fingerprint density at radius 1 is 1.25 bits per heavy atom. The highest BCUT2D eigenvalue weighted by molar-refractivity contribution is 6.30. The smallest absolute Gasteiger partial charge is 0.252 e. The molecule has 1 aromatic heterocycles. The largest absolute Gasteiger partial charge is 0.323 e. The van der Waals surface area contributed by atoms with E-state index in [0.29, 0.717) is 6.73 Å². The van der Waals surface area contributed by atoms with Gasteiger partial charge in [-0.3, -0.25) is 0 Å². The van der Waals surface area contributed by atoms with Crippen LogP contribution in [0, 0.1) is 0 Å². The Kier molecular flexibility index (Phi) is 7.19. The summed E-state index contributed by atoms with van der Waals surface area (Å²) < 4.78 is 7.51. The van der Waals surface area contributed by atoms with Crippen LogP contribution >= 0.6 is 11.6 Å². The number of halogens is 1. The third-order valence-electron chi connectivity index (χ3n) is 2.45. The molecule has 90 valence electrons. The van der Waals surface area contributed by atoms with E-state index in [9.17, 15) is 0 Å². The van der Waals surface area contributed by atoms with Crippen LogP contribution in [-0.4, -0.2) is 6.61 Å². The van der Waals surface area contributed by atoms with Gasteiger partial charge in [-0.2, -0.15) is 4.57 Å². The van der Waals surface area contributed by atoms with Gasteiger partial charge in [0.15, 0.2) is 12.4 Å². The van der Waals surface area contributed by atoms with Gasteiger partial charge in [0.25, 0.3) is 6.73 Å². The van der Waals surface area contributed by atoms with E-state index in [-0.39, 0.29) is 0 Å². The molecular formula is C13H21ClNO+. The Morgan fingerprint density at radius 2 is 2.06 bits per heavy atom. The maximum Gasteiger partial charge on any atom is 0.252 e. The molecule has 1 heterocycles. The van der Waals surface area contributed by atoms with E-state index in [1.165, 1.54) is 25.7 Å². The predicted molar refractivity (Wildman–Crippen MR) is 66.4 cm³/mol. The Hall–Kier alpha value is -0.600. The highest BCUT2D eigenvalue weighted by Crippen LogP contribution is 2.03. The summed E-state index contributed by atoms with van der Waals surface area (Å²) in [5.41, 5.74) is 0. The van der Waals surface area contributed by atoms with Gasteiger partial charge in [-0.25, -0.2) is 0 Å². The van der Waals surface area contributed by atoms with Gasteiger partial charge in [0.05, 0.1) is 6.61 Å². The van der Waals surface area contributed by atoms with Crippen molar-refractivity contribution in [1.82, 2.24) is 0 Å². The summed E-state index contributed by atoms with van der Waals surface area (Å²) in [7, 11) is 0. The summed E-state index contributed by atoms with van der Waals surface area (Å²) in [6.45, 7) is 3.66. The number of ether oxygens (including phenoxy) is 1. The lowest BCUT2D eigenvalue weighted by Gasteiger charge is -2.01. The van der Waals surface area contributed by atoms with Gasteiger partial charge < -0.3 is 4.74 Å². The first-order valence-corrected chi connectivity index (χ1v) is 6.43. The van der Waals surface area contributed by atoms with Crippen LogP contribution in [0.4, 0.5) is 0 Å². The molecule has 0 aliphatic rings.